The SMILES string of the molecule is CC1(C)OCC(C(O)C(OC(C2COC(C)(C)O2)C(O)C2COC(C)(C)O2)C2COC(C)(C)O2)O1. The molecule has 0 spiro atoms. The smallest absolute Gasteiger partial charge is 0.163 e. The maximum Gasteiger partial charge on any atom is 0.163 e. The summed E-state index contributed by atoms with van der Waals surface area (Å²) in [7, 11) is 0. The Morgan fingerprint density at radius 2 is 0.771 bits per heavy atom. The molecule has 4 heterocycles. The van der Waals surface area contributed by atoms with Crippen LogP contribution in [0.2, 0.25) is 0 Å². The summed E-state index contributed by atoms with van der Waals surface area (Å²) >= 11 is 0. The molecule has 0 aromatic rings. The van der Waals surface area contributed by atoms with Gasteiger partial charge in [-0.2, -0.15) is 0 Å². The average molecular weight is 507 g/mol. The first-order valence-electron chi connectivity index (χ1n) is 12.4. The molecule has 8 unspecified atom stereocenters. The molecule has 0 aromatic heterocycles. The van der Waals surface area contributed by atoms with E-state index in [1.165, 1.54) is 0 Å². The van der Waals surface area contributed by atoms with Crippen LogP contribution in [0, 0.1) is 0 Å². The highest BCUT2D eigenvalue weighted by Gasteiger charge is 2.52. The molecule has 8 atom stereocenters. The lowest BCUT2D eigenvalue weighted by atomic mass is 9.99. The molecule has 35 heavy (non-hydrogen) atoms. The molecule has 4 aliphatic rings. The van der Waals surface area contributed by atoms with Crippen molar-refractivity contribution in [2.24, 2.45) is 0 Å². The van der Waals surface area contributed by atoms with E-state index < -0.39 is 72.0 Å². The van der Waals surface area contributed by atoms with Crippen LogP contribution in [0.4, 0.5) is 0 Å². The van der Waals surface area contributed by atoms with Crippen molar-refractivity contribution in [3.63, 3.8) is 0 Å². The molecule has 4 saturated heterocycles. The quantitative estimate of drug-likeness (QED) is 0.491. The lowest BCUT2D eigenvalue weighted by Crippen LogP contribution is -2.56. The summed E-state index contributed by atoms with van der Waals surface area (Å²) in [6.45, 7) is 15.1. The van der Waals surface area contributed by atoms with E-state index in [9.17, 15) is 10.2 Å². The van der Waals surface area contributed by atoms with Crippen LogP contribution in [0.25, 0.3) is 0 Å². The summed E-state index contributed by atoms with van der Waals surface area (Å²) in [5.41, 5.74) is 0. The van der Waals surface area contributed by atoms with E-state index in [2.05, 4.69) is 0 Å². The van der Waals surface area contributed by atoms with Crippen molar-refractivity contribution in [2.45, 2.75) is 127 Å². The van der Waals surface area contributed by atoms with Crippen LogP contribution in [-0.4, -0.2) is 109 Å². The molecule has 0 amide bonds. The van der Waals surface area contributed by atoms with Crippen LogP contribution in [0.15, 0.2) is 0 Å². The highest BCUT2D eigenvalue weighted by atomic mass is 16.8. The second kappa shape index (κ2) is 9.70. The summed E-state index contributed by atoms with van der Waals surface area (Å²) in [6, 6.07) is 0. The molecule has 4 fully saturated rings. The fraction of sp³-hybridized carbons (Fsp3) is 1.00. The predicted octanol–water partition coefficient (Wildman–Crippen LogP) is 1.07. The zero-order chi connectivity index (χ0) is 25.8. The van der Waals surface area contributed by atoms with Gasteiger partial charge in [-0.15, -0.1) is 0 Å². The Morgan fingerprint density at radius 1 is 0.514 bits per heavy atom. The van der Waals surface area contributed by atoms with Crippen molar-refractivity contribution >= 4 is 0 Å². The number of rotatable bonds is 8. The van der Waals surface area contributed by atoms with Crippen LogP contribution in [0.5, 0.6) is 0 Å². The first-order valence-corrected chi connectivity index (χ1v) is 12.4. The van der Waals surface area contributed by atoms with Crippen LogP contribution >= 0.6 is 0 Å². The largest absolute Gasteiger partial charge is 0.387 e. The topological polar surface area (TPSA) is 124 Å². The average Bonchev–Trinajstić information content (AvgIpc) is 3.48. The van der Waals surface area contributed by atoms with E-state index >= 15 is 0 Å². The summed E-state index contributed by atoms with van der Waals surface area (Å²) < 4.78 is 53.4. The Kier molecular flexibility index (Phi) is 7.65. The van der Waals surface area contributed by atoms with Gasteiger partial charge in [-0.05, 0) is 55.4 Å². The van der Waals surface area contributed by atoms with Gasteiger partial charge in [0.2, 0.25) is 0 Å². The second-order valence-corrected chi connectivity index (χ2v) is 11.5. The normalized spacial score (nSPS) is 38.9. The molecular formula is C24H42O11. The number of ether oxygens (including phenoxy) is 9. The van der Waals surface area contributed by atoms with Crippen molar-refractivity contribution in [1.82, 2.24) is 0 Å². The minimum absolute atomic E-state index is 0.183. The zero-order valence-corrected chi connectivity index (χ0v) is 22.0. The van der Waals surface area contributed by atoms with Crippen LogP contribution in [0.3, 0.4) is 0 Å². The molecule has 4 aliphatic heterocycles. The fourth-order valence-electron chi connectivity index (χ4n) is 4.90. The molecular weight excluding hydrogens is 464 g/mol. The van der Waals surface area contributed by atoms with Gasteiger partial charge >= 0.3 is 0 Å². The third kappa shape index (κ3) is 6.53. The lowest BCUT2D eigenvalue weighted by molar-refractivity contribution is -0.240. The molecule has 0 aliphatic carbocycles. The molecule has 2 N–H and O–H groups in total. The van der Waals surface area contributed by atoms with Crippen molar-refractivity contribution in [1.29, 1.82) is 0 Å². The monoisotopic (exact) mass is 506 g/mol. The first-order chi connectivity index (χ1) is 16.1. The third-order valence-corrected chi connectivity index (χ3v) is 6.60. The predicted molar refractivity (Wildman–Crippen MR) is 120 cm³/mol. The molecule has 11 nitrogen and oxygen atoms in total. The molecule has 204 valence electrons. The van der Waals surface area contributed by atoms with E-state index in [4.69, 9.17) is 42.6 Å². The highest BCUT2D eigenvalue weighted by Crippen LogP contribution is 2.36. The molecule has 11 heteroatoms. The van der Waals surface area contributed by atoms with Crippen LogP contribution in [-0.2, 0) is 42.6 Å². The highest BCUT2D eigenvalue weighted by molar-refractivity contribution is 4.95. The van der Waals surface area contributed by atoms with Gasteiger partial charge in [-0.1, -0.05) is 0 Å². The zero-order valence-electron chi connectivity index (χ0n) is 22.0. The van der Waals surface area contributed by atoms with Crippen LogP contribution < -0.4 is 0 Å². The maximum atomic E-state index is 11.4. The minimum atomic E-state index is -1.14. The van der Waals surface area contributed by atoms with Gasteiger partial charge in [-0.25, -0.2) is 0 Å². The minimum Gasteiger partial charge on any atom is -0.387 e. The van der Waals surface area contributed by atoms with E-state index in [1.807, 2.05) is 0 Å². The van der Waals surface area contributed by atoms with Gasteiger partial charge < -0.3 is 52.8 Å². The Balaban J connectivity index is 1.59. The molecule has 4 rings (SSSR count). The molecule has 0 bridgehead atoms. The second-order valence-electron chi connectivity index (χ2n) is 11.5. The van der Waals surface area contributed by atoms with E-state index in [0.717, 1.165) is 0 Å². The lowest BCUT2D eigenvalue weighted by Gasteiger charge is -2.38. The number of hydrogen-bond donors (Lipinski definition) is 2. The summed E-state index contributed by atoms with van der Waals surface area (Å²) in [5, 5.41) is 22.8. The Bertz CT molecular complexity index is 679. The van der Waals surface area contributed by atoms with E-state index in [1.54, 1.807) is 55.4 Å². The van der Waals surface area contributed by atoms with Gasteiger partial charge in [0.15, 0.2) is 23.1 Å². The summed E-state index contributed by atoms with van der Waals surface area (Å²) in [5.74, 6) is -3.38. The number of aliphatic hydroxyl groups is 2. The third-order valence-electron chi connectivity index (χ3n) is 6.60. The van der Waals surface area contributed by atoms with Gasteiger partial charge in [0.1, 0.15) is 48.8 Å². The van der Waals surface area contributed by atoms with Crippen molar-refractivity contribution in [3.8, 4) is 0 Å². The van der Waals surface area contributed by atoms with Gasteiger partial charge in [0, 0.05) is 0 Å². The van der Waals surface area contributed by atoms with Crippen molar-refractivity contribution < 1.29 is 52.8 Å². The van der Waals surface area contributed by atoms with Crippen molar-refractivity contribution in [2.75, 3.05) is 26.4 Å². The van der Waals surface area contributed by atoms with Gasteiger partial charge in [0.05, 0.1) is 26.4 Å². The molecule has 0 aromatic carbocycles. The Labute approximate surface area is 207 Å². The summed E-state index contributed by atoms with van der Waals surface area (Å²) in [6.07, 6.45) is -6.72. The molecule has 0 radical (unpaired) electrons. The summed E-state index contributed by atoms with van der Waals surface area (Å²) in [4.78, 5) is 0. The van der Waals surface area contributed by atoms with Crippen LogP contribution in [0.1, 0.15) is 55.4 Å². The molecule has 0 saturated carbocycles. The van der Waals surface area contributed by atoms with Crippen molar-refractivity contribution in [3.05, 3.63) is 0 Å². The number of hydrogen-bond acceptors (Lipinski definition) is 11. The number of aliphatic hydroxyl groups excluding tert-OH is 2. The Hall–Kier alpha value is -0.440. The fourth-order valence-corrected chi connectivity index (χ4v) is 4.90. The van der Waals surface area contributed by atoms with Gasteiger partial charge in [-0.3, -0.25) is 0 Å². The maximum absolute atomic E-state index is 11.4. The Morgan fingerprint density at radius 3 is 1.00 bits per heavy atom. The van der Waals surface area contributed by atoms with Gasteiger partial charge in [0.25, 0.3) is 0 Å². The standard InChI is InChI=1S/C24H42O11/c1-21(2)27-9-13(32-21)17(25)19(15-11-29-23(5,6)34-15)31-20(16-12-30-24(7,8)35-16)18(26)14-10-28-22(3,4)33-14/h13-20,25-26H,9-12H2,1-8H3. The first kappa shape index (κ1) is 27.6. The van der Waals surface area contributed by atoms with E-state index in [-0.39, 0.29) is 26.4 Å². The van der Waals surface area contributed by atoms with E-state index in [0.29, 0.717) is 0 Å².